The molecule has 0 atom stereocenters. The molecule has 4 bridgehead atoms. The molecule has 4 rings (SSSR count). The molecule has 8 heteroatoms. The van der Waals surface area contributed by atoms with Crippen LogP contribution >= 0.6 is 0 Å². The summed E-state index contributed by atoms with van der Waals surface area (Å²) in [5, 5.41) is 7.74. The lowest BCUT2D eigenvalue weighted by atomic mass is 9.53. The average molecular weight is 365 g/mol. The number of hydrogen-bond acceptors (Lipinski definition) is 5. The number of carbonyl (C=O) groups is 4. The minimum absolute atomic E-state index is 0.0215. The summed E-state index contributed by atoms with van der Waals surface area (Å²) < 4.78 is 4.80. The number of rotatable bonds is 6. The predicted octanol–water partition coefficient (Wildman–Crippen LogP) is 0.850. The van der Waals surface area contributed by atoms with Crippen molar-refractivity contribution in [3.63, 3.8) is 0 Å². The van der Waals surface area contributed by atoms with E-state index in [0.29, 0.717) is 17.8 Å². The molecule has 144 valence electrons. The number of urea groups is 1. The minimum Gasteiger partial charge on any atom is -0.456 e. The van der Waals surface area contributed by atoms with Gasteiger partial charge in [0.2, 0.25) is 5.91 Å². The van der Waals surface area contributed by atoms with E-state index in [1.807, 2.05) is 0 Å². The molecule has 0 spiro atoms. The Morgan fingerprint density at radius 2 is 1.58 bits per heavy atom. The van der Waals surface area contributed by atoms with Gasteiger partial charge in [-0.05, 0) is 56.3 Å². The van der Waals surface area contributed by atoms with E-state index in [4.69, 9.17) is 4.74 Å². The molecule has 3 N–H and O–H groups in total. The fraction of sp³-hybridized carbons (Fsp3) is 0.778. The fourth-order valence-electron chi connectivity index (χ4n) is 5.26. The Balaban J connectivity index is 1.37. The molecule has 0 aromatic carbocycles. The van der Waals surface area contributed by atoms with E-state index in [1.165, 1.54) is 26.2 Å². The lowest BCUT2D eigenvalue weighted by Gasteiger charge is -2.56. The van der Waals surface area contributed by atoms with E-state index in [9.17, 15) is 19.2 Å². The second kappa shape index (κ2) is 7.63. The van der Waals surface area contributed by atoms with Crippen LogP contribution in [0.25, 0.3) is 0 Å². The maximum absolute atomic E-state index is 12.2. The summed E-state index contributed by atoms with van der Waals surface area (Å²) in [6.07, 6.45) is 6.80. The standard InChI is InChI=1S/C18H27N3O5/c1-11(22)19-3-2-16(24)26-10-15(23)20-17(25)21-18-7-12-4-13(8-18)6-14(5-12)9-18/h12-14H,2-10H2,1H3,(H,19,22)(H2,20,21,23,25). The van der Waals surface area contributed by atoms with E-state index < -0.39 is 24.5 Å². The van der Waals surface area contributed by atoms with E-state index in [-0.39, 0.29) is 24.4 Å². The average Bonchev–Trinajstić information content (AvgIpc) is 2.50. The highest BCUT2D eigenvalue weighted by Crippen LogP contribution is 2.55. The number of carbonyl (C=O) groups excluding carboxylic acids is 4. The monoisotopic (exact) mass is 365 g/mol. The van der Waals surface area contributed by atoms with Crippen molar-refractivity contribution in [3.05, 3.63) is 0 Å². The summed E-state index contributed by atoms with van der Waals surface area (Å²) in [6, 6.07) is -0.508. The van der Waals surface area contributed by atoms with Crippen LogP contribution in [0.5, 0.6) is 0 Å². The zero-order valence-corrected chi connectivity index (χ0v) is 15.1. The summed E-state index contributed by atoms with van der Waals surface area (Å²) in [4.78, 5) is 46.2. The molecule has 26 heavy (non-hydrogen) atoms. The van der Waals surface area contributed by atoms with Crippen LogP contribution in [0.4, 0.5) is 4.79 Å². The zero-order chi connectivity index (χ0) is 18.7. The lowest BCUT2D eigenvalue weighted by molar-refractivity contribution is -0.148. The third-order valence-corrected chi connectivity index (χ3v) is 5.74. The van der Waals surface area contributed by atoms with Crippen molar-refractivity contribution in [2.75, 3.05) is 13.2 Å². The van der Waals surface area contributed by atoms with Gasteiger partial charge in [0, 0.05) is 19.0 Å². The minimum atomic E-state index is -0.653. The number of esters is 1. The molecular weight excluding hydrogens is 338 g/mol. The third kappa shape index (κ3) is 4.74. The van der Waals surface area contributed by atoms with E-state index >= 15 is 0 Å². The Hall–Kier alpha value is -2.12. The summed E-state index contributed by atoms with van der Waals surface area (Å²) in [5.74, 6) is 0.595. The summed E-state index contributed by atoms with van der Waals surface area (Å²) in [6.45, 7) is 0.997. The first-order valence-electron chi connectivity index (χ1n) is 9.35. The molecule has 0 radical (unpaired) electrons. The molecule has 0 unspecified atom stereocenters. The van der Waals surface area contributed by atoms with Gasteiger partial charge in [-0.15, -0.1) is 0 Å². The van der Waals surface area contributed by atoms with Crippen LogP contribution in [-0.2, 0) is 19.1 Å². The summed E-state index contributed by atoms with van der Waals surface area (Å²) >= 11 is 0. The largest absolute Gasteiger partial charge is 0.456 e. The van der Waals surface area contributed by atoms with Gasteiger partial charge in [-0.2, -0.15) is 0 Å². The van der Waals surface area contributed by atoms with Crippen molar-refractivity contribution in [2.24, 2.45) is 17.8 Å². The molecule has 4 aliphatic carbocycles. The van der Waals surface area contributed by atoms with Crippen LogP contribution in [0, 0.1) is 17.8 Å². The number of ether oxygens (including phenoxy) is 1. The molecule has 0 aliphatic heterocycles. The SMILES string of the molecule is CC(=O)NCCC(=O)OCC(=O)NC(=O)NC12CC3CC(CC(C3)C1)C2. The Kier molecular flexibility index (Phi) is 5.48. The van der Waals surface area contributed by atoms with Gasteiger partial charge in [-0.3, -0.25) is 19.7 Å². The van der Waals surface area contributed by atoms with Crippen molar-refractivity contribution in [3.8, 4) is 0 Å². The van der Waals surface area contributed by atoms with Gasteiger partial charge >= 0.3 is 12.0 Å². The summed E-state index contributed by atoms with van der Waals surface area (Å²) in [7, 11) is 0. The second-order valence-corrected chi connectivity index (χ2v) is 8.09. The van der Waals surface area contributed by atoms with E-state index in [2.05, 4.69) is 16.0 Å². The van der Waals surface area contributed by atoms with Crippen molar-refractivity contribution in [2.45, 2.75) is 57.4 Å². The number of hydrogen-bond donors (Lipinski definition) is 3. The summed E-state index contributed by atoms with van der Waals surface area (Å²) in [5.41, 5.74) is -0.172. The number of amides is 4. The Labute approximate surface area is 152 Å². The van der Waals surface area contributed by atoms with Crippen LogP contribution in [0.2, 0.25) is 0 Å². The normalized spacial score (nSPS) is 31.2. The number of imide groups is 1. The smallest absolute Gasteiger partial charge is 0.321 e. The Bertz CT molecular complexity index is 568. The molecule has 0 heterocycles. The Morgan fingerprint density at radius 1 is 1.00 bits per heavy atom. The highest BCUT2D eigenvalue weighted by atomic mass is 16.5. The van der Waals surface area contributed by atoms with Gasteiger partial charge in [0.15, 0.2) is 6.61 Å². The molecule has 0 saturated heterocycles. The van der Waals surface area contributed by atoms with E-state index in [0.717, 1.165) is 19.3 Å². The van der Waals surface area contributed by atoms with Crippen LogP contribution in [0.1, 0.15) is 51.9 Å². The second-order valence-electron chi connectivity index (χ2n) is 8.09. The molecular formula is C18H27N3O5. The maximum Gasteiger partial charge on any atom is 0.321 e. The highest BCUT2D eigenvalue weighted by molar-refractivity contribution is 5.95. The van der Waals surface area contributed by atoms with Crippen LogP contribution in [0.15, 0.2) is 0 Å². The van der Waals surface area contributed by atoms with Gasteiger partial charge < -0.3 is 15.4 Å². The molecule has 4 saturated carbocycles. The van der Waals surface area contributed by atoms with Crippen molar-refractivity contribution in [1.82, 2.24) is 16.0 Å². The van der Waals surface area contributed by atoms with Crippen LogP contribution < -0.4 is 16.0 Å². The molecule has 4 aliphatic rings. The third-order valence-electron chi connectivity index (χ3n) is 5.74. The van der Waals surface area contributed by atoms with Gasteiger partial charge in [0.1, 0.15) is 0 Å². The molecule has 4 fully saturated rings. The lowest BCUT2D eigenvalue weighted by Crippen LogP contribution is -2.62. The van der Waals surface area contributed by atoms with Gasteiger partial charge in [-0.25, -0.2) is 4.79 Å². The molecule has 8 nitrogen and oxygen atoms in total. The predicted molar refractivity (Wildman–Crippen MR) is 91.8 cm³/mol. The van der Waals surface area contributed by atoms with E-state index in [1.54, 1.807) is 0 Å². The van der Waals surface area contributed by atoms with Crippen molar-refractivity contribution < 1.29 is 23.9 Å². The zero-order valence-electron chi connectivity index (χ0n) is 15.1. The fourth-order valence-corrected chi connectivity index (χ4v) is 5.26. The van der Waals surface area contributed by atoms with Gasteiger partial charge in [0.25, 0.3) is 5.91 Å². The van der Waals surface area contributed by atoms with Crippen LogP contribution in [0.3, 0.4) is 0 Å². The maximum atomic E-state index is 12.2. The topological polar surface area (TPSA) is 114 Å². The first-order chi connectivity index (χ1) is 12.3. The molecule has 4 amide bonds. The first kappa shape index (κ1) is 18.7. The van der Waals surface area contributed by atoms with Crippen LogP contribution in [-0.4, -0.2) is 42.5 Å². The van der Waals surface area contributed by atoms with Crippen molar-refractivity contribution >= 4 is 23.8 Å². The Morgan fingerprint density at radius 3 is 2.12 bits per heavy atom. The molecule has 0 aromatic rings. The van der Waals surface area contributed by atoms with Crippen molar-refractivity contribution in [1.29, 1.82) is 0 Å². The quantitative estimate of drug-likeness (QED) is 0.604. The number of nitrogens with one attached hydrogen (secondary N) is 3. The van der Waals surface area contributed by atoms with Gasteiger partial charge in [0.05, 0.1) is 6.42 Å². The first-order valence-corrected chi connectivity index (χ1v) is 9.35. The molecule has 0 aromatic heterocycles. The van der Waals surface area contributed by atoms with Gasteiger partial charge in [-0.1, -0.05) is 0 Å². The highest BCUT2D eigenvalue weighted by Gasteiger charge is 2.51.